The van der Waals surface area contributed by atoms with Gasteiger partial charge in [0.25, 0.3) is 0 Å². The third kappa shape index (κ3) is 2.99. The zero-order valence-electron chi connectivity index (χ0n) is 10.9. The summed E-state index contributed by atoms with van der Waals surface area (Å²) in [6.45, 7) is 0. The number of halogens is 2. The van der Waals surface area contributed by atoms with E-state index in [1.165, 1.54) is 24.3 Å². The molecule has 0 spiro atoms. The van der Waals surface area contributed by atoms with Crippen molar-refractivity contribution in [3.05, 3.63) is 65.2 Å². The average Bonchev–Trinajstić information content (AvgIpc) is 2.38. The quantitative estimate of drug-likeness (QED) is 0.747. The van der Waals surface area contributed by atoms with Gasteiger partial charge in [0.15, 0.2) is 0 Å². The maximum absolute atomic E-state index is 13.5. The second kappa shape index (κ2) is 5.65. The minimum Gasteiger partial charge on any atom is -0.377 e. The predicted molar refractivity (Wildman–Crippen MR) is 76.1 cm³/mol. The number of hydrogen-bond donors (Lipinski definition) is 0. The highest BCUT2D eigenvalue weighted by atomic mass is 19.1. The predicted octanol–water partition coefficient (Wildman–Crippen LogP) is 4.20. The molecule has 98 valence electrons. The zero-order valence-corrected chi connectivity index (χ0v) is 10.9. The summed E-state index contributed by atoms with van der Waals surface area (Å²) in [6, 6.07) is 11.5. The summed E-state index contributed by atoms with van der Waals surface area (Å²) < 4.78 is 27.0. The smallest absolute Gasteiger partial charge is 0.133 e. The van der Waals surface area contributed by atoms with Crippen LogP contribution in [0.5, 0.6) is 0 Å². The molecular formula is C16H15F2N. The van der Waals surface area contributed by atoms with E-state index in [0.29, 0.717) is 0 Å². The summed E-state index contributed by atoms with van der Waals surface area (Å²) in [5.41, 5.74) is 1.89. The number of anilines is 1. The van der Waals surface area contributed by atoms with Gasteiger partial charge in [-0.3, -0.25) is 0 Å². The molecule has 0 bridgehead atoms. The van der Waals surface area contributed by atoms with Crippen molar-refractivity contribution in [3.8, 4) is 0 Å². The van der Waals surface area contributed by atoms with Gasteiger partial charge in [0.1, 0.15) is 11.6 Å². The Hall–Kier alpha value is -2.16. The average molecular weight is 259 g/mol. The Balaban J connectivity index is 2.39. The molecule has 0 aliphatic heterocycles. The van der Waals surface area contributed by atoms with Crippen LogP contribution in [0.2, 0.25) is 0 Å². The van der Waals surface area contributed by atoms with Gasteiger partial charge in [-0.1, -0.05) is 30.3 Å². The van der Waals surface area contributed by atoms with Gasteiger partial charge in [0.05, 0.1) is 0 Å². The molecule has 2 aromatic carbocycles. The molecule has 0 aliphatic rings. The van der Waals surface area contributed by atoms with Crippen molar-refractivity contribution >= 4 is 17.8 Å². The molecule has 0 unspecified atom stereocenters. The Morgan fingerprint density at radius 1 is 0.842 bits per heavy atom. The van der Waals surface area contributed by atoms with Crippen LogP contribution < -0.4 is 4.90 Å². The summed E-state index contributed by atoms with van der Waals surface area (Å²) in [4.78, 5) is 1.96. The normalized spacial score (nSPS) is 10.9. The highest BCUT2D eigenvalue weighted by Gasteiger charge is 2.05. The maximum atomic E-state index is 13.5. The third-order valence-corrected chi connectivity index (χ3v) is 2.85. The van der Waals surface area contributed by atoms with Crippen molar-refractivity contribution in [3.63, 3.8) is 0 Å². The second-order valence-corrected chi connectivity index (χ2v) is 4.42. The van der Waals surface area contributed by atoms with Crippen LogP contribution in [0.4, 0.5) is 14.5 Å². The van der Waals surface area contributed by atoms with E-state index in [-0.39, 0.29) is 5.56 Å². The van der Waals surface area contributed by atoms with Gasteiger partial charge >= 0.3 is 0 Å². The van der Waals surface area contributed by atoms with Crippen molar-refractivity contribution in [2.75, 3.05) is 19.0 Å². The van der Waals surface area contributed by atoms with E-state index in [4.69, 9.17) is 0 Å². The minimum absolute atomic E-state index is 0.0175. The molecule has 0 N–H and O–H groups in total. The van der Waals surface area contributed by atoms with Gasteiger partial charge < -0.3 is 4.90 Å². The van der Waals surface area contributed by atoms with Crippen molar-refractivity contribution in [2.45, 2.75) is 0 Å². The molecular weight excluding hydrogens is 244 g/mol. The van der Waals surface area contributed by atoms with Crippen LogP contribution in [0.3, 0.4) is 0 Å². The molecule has 0 saturated carbocycles. The van der Waals surface area contributed by atoms with Gasteiger partial charge in [-0.25, -0.2) is 8.78 Å². The molecule has 19 heavy (non-hydrogen) atoms. The first-order valence-corrected chi connectivity index (χ1v) is 5.98. The molecule has 0 heterocycles. The fraction of sp³-hybridized carbons (Fsp3) is 0.125. The molecule has 0 amide bonds. The summed E-state index contributed by atoms with van der Waals surface area (Å²) >= 11 is 0. The van der Waals surface area contributed by atoms with E-state index in [0.717, 1.165) is 11.3 Å². The second-order valence-electron chi connectivity index (χ2n) is 4.42. The first-order valence-electron chi connectivity index (χ1n) is 5.98. The molecule has 0 aromatic heterocycles. The summed E-state index contributed by atoms with van der Waals surface area (Å²) in [6.07, 6.45) is 3.18. The maximum Gasteiger partial charge on any atom is 0.133 e. The number of para-hydroxylation sites is 1. The van der Waals surface area contributed by atoms with Crippen LogP contribution >= 0.6 is 0 Å². The van der Waals surface area contributed by atoms with Gasteiger partial charge in [0, 0.05) is 25.3 Å². The Bertz CT molecular complexity index is 583. The molecule has 0 radical (unpaired) electrons. The van der Waals surface area contributed by atoms with Crippen LogP contribution in [-0.4, -0.2) is 14.1 Å². The molecule has 0 fully saturated rings. The first-order chi connectivity index (χ1) is 9.09. The molecule has 0 atom stereocenters. The van der Waals surface area contributed by atoms with Crippen molar-refractivity contribution in [1.29, 1.82) is 0 Å². The molecule has 2 rings (SSSR count). The Morgan fingerprint density at radius 3 is 2.11 bits per heavy atom. The van der Waals surface area contributed by atoms with Crippen LogP contribution in [0.15, 0.2) is 42.5 Å². The van der Waals surface area contributed by atoms with Gasteiger partial charge in [-0.2, -0.15) is 0 Å². The van der Waals surface area contributed by atoms with Gasteiger partial charge in [0.2, 0.25) is 0 Å². The lowest BCUT2D eigenvalue weighted by Gasteiger charge is -2.15. The molecule has 0 aliphatic carbocycles. The summed E-state index contributed by atoms with van der Waals surface area (Å²) in [5.74, 6) is -1.11. The Labute approximate surface area is 111 Å². The number of nitrogens with zero attached hydrogens (tertiary/aromatic N) is 1. The lowest BCUT2D eigenvalue weighted by molar-refractivity contribution is 0.579. The van der Waals surface area contributed by atoms with E-state index in [1.54, 1.807) is 6.08 Å². The summed E-state index contributed by atoms with van der Waals surface area (Å²) in [5, 5.41) is 0. The largest absolute Gasteiger partial charge is 0.377 e. The standard InChI is InChI=1S/C16H15F2N/c1-19(2)16-9-4-3-6-12(16)10-11-13-14(17)7-5-8-15(13)18/h3-11H,1-2H3/b11-10+. The summed E-state index contributed by atoms with van der Waals surface area (Å²) in [7, 11) is 3.85. The molecule has 3 heteroatoms. The van der Waals surface area contributed by atoms with Crippen LogP contribution in [-0.2, 0) is 0 Å². The topological polar surface area (TPSA) is 3.24 Å². The number of rotatable bonds is 3. The monoisotopic (exact) mass is 259 g/mol. The fourth-order valence-corrected chi connectivity index (χ4v) is 1.88. The van der Waals surface area contributed by atoms with Crippen LogP contribution in [0, 0.1) is 11.6 Å². The van der Waals surface area contributed by atoms with Crippen molar-refractivity contribution in [2.24, 2.45) is 0 Å². The van der Waals surface area contributed by atoms with E-state index in [9.17, 15) is 8.78 Å². The van der Waals surface area contributed by atoms with E-state index in [1.807, 2.05) is 43.3 Å². The Kier molecular flexibility index (Phi) is 3.95. The highest BCUT2D eigenvalue weighted by molar-refractivity contribution is 5.77. The SMILES string of the molecule is CN(C)c1ccccc1/C=C/c1c(F)cccc1F. The Morgan fingerprint density at radius 2 is 1.47 bits per heavy atom. The van der Waals surface area contributed by atoms with E-state index in [2.05, 4.69) is 0 Å². The van der Waals surface area contributed by atoms with Gasteiger partial charge in [-0.15, -0.1) is 0 Å². The molecule has 0 saturated heterocycles. The molecule has 1 nitrogen and oxygen atoms in total. The molecule has 2 aromatic rings. The lowest BCUT2D eigenvalue weighted by Crippen LogP contribution is -2.09. The number of benzene rings is 2. The zero-order chi connectivity index (χ0) is 13.8. The van der Waals surface area contributed by atoms with Gasteiger partial charge in [-0.05, 0) is 29.8 Å². The third-order valence-electron chi connectivity index (χ3n) is 2.85. The minimum atomic E-state index is -0.557. The van der Waals surface area contributed by atoms with Crippen molar-refractivity contribution < 1.29 is 8.78 Å². The first kappa shape index (κ1) is 13.3. The van der Waals surface area contributed by atoms with Crippen LogP contribution in [0.1, 0.15) is 11.1 Å². The van der Waals surface area contributed by atoms with E-state index < -0.39 is 11.6 Å². The number of hydrogen-bond acceptors (Lipinski definition) is 1. The van der Waals surface area contributed by atoms with Crippen LogP contribution in [0.25, 0.3) is 12.2 Å². The highest BCUT2D eigenvalue weighted by Crippen LogP contribution is 2.22. The fourth-order valence-electron chi connectivity index (χ4n) is 1.88. The lowest BCUT2D eigenvalue weighted by atomic mass is 10.1. The van der Waals surface area contributed by atoms with E-state index >= 15 is 0 Å². The van der Waals surface area contributed by atoms with Crippen molar-refractivity contribution in [1.82, 2.24) is 0 Å².